The van der Waals surface area contributed by atoms with Crippen LogP contribution in [-0.2, 0) is 19.1 Å². The number of hydrogen-bond acceptors (Lipinski definition) is 4. The normalized spacial score (nSPS) is 17.3. The van der Waals surface area contributed by atoms with E-state index in [4.69, 9.17) is 9.47 Å². The molecular weight excluding hydrogens is 232 g/mol. The van der Waals surface area contributed by atoms with Crippen molar-refractivity contribution in [2.75, 3.05) is 0 Å². The molecule has 4 heteroatoms. The van der Waals surface area contributed by atoms with Crippen molar-refractivity contribution in [3.8, 4) is 0 Å². The monoisotopic (exact) mass is 256 g/mol. The number of carbonyl (C=O) groups is 2. The third kappa shape index (κ3) is 6.62. The molecule has 0 spiro atoms. The zero-order valence-corrected chi connectivity index (χ0v) is 11.7. The lowest BCUT2D eigenvalue weighted by molar-refractivity contribution is -0.160. The molecule has 0 aromatic heterocycles. The fourth-order valence-corrected chi connectivity index (χ4v) is 2.02. The van der Waals surface area contributed by atoms with Gasteiger partial charge in [0.25, 0.3) is 0 Å². The first-order valence-corrected chi connectivity index (χ1v) is 6.78. The Morgan fingerprint density at radius 2 is 1.56 bits per heavy atom. The Labute approximate surface area is 109 Å². The maximum absolute atomic E-state index is 11.6. The molecule has 1 rings (SSSR count). The summed E-state index contributed by atoms with van der Waals surface area (Å²) in [4.78, 5) is 23.0. The predicted octanol–water partition coefficient (Wildman–Crippen LogP) is 2.98. The first kappa shape index (κ1) is 15.0. The number of carbonyl (C=O) groups excluding carboxylic acids is 2. The van der Waals surface area contributed by atoms with Gasteiger partial charge in [0.1, 0.15) is 11.7 Å². The molecule has 4 nitrogen and oxygen atoms in total. The molecule has 0 aliphatic heterocycles. The van der Waals surface area contributed by atoms with Gasteiger partial charge in [-0.2, -0.15) is 0 Å². The second kappa shape index (κ2) is 6.76. The Balaban J connectivity index is 2.18. The highest BCUT2D eigenvalue weighted by Gasteiger charge is 2.20. The van der Waals surface area contributed by atoms with Crippen molar-refractivity contribution < 1.29 is 19.1 Å². The fourth-order valence-electron chi connectivity index (χ4n) is 2.02. The van der Waals surface area contributed by atoms with E-state index in [9.17, 15) is 9.59 Å². The maximum Gasteiger partial charge on any atom is 0.306 e. The van der Waals surface area contributed by atoms with Gasteiger partial charge in [0.2, 0.25) is 0 Å². The van der Waals surface area contributed by atoms with Crippen LogP contribution in [0.4, 0.5) is 0 Å². The van der Waals surface area contributed by atoms with Gasteiger partial charge in [-0.15, -0.1) is 0 Å². The van der Waals surface area contributed by atoms with Crippen molar-refractivity contribution in [2.45, 2.75) is 77.4 Å². The van der Waals surface area contributed by atoms with Crippen LogP contribution in [0.25, 0.3) is 0 Å². The van der Waals surface area contributed by atoms with E-state index in [1.807, 2.05) is 20.8 Å². The molecule has 0 aromatic rings. The van der Waals surface area contributed by atoms with Crippen molar-refractivity contribution in [3.05, 3.63) is 0 Å². The summed E-state index contributed by atoms with van der Waals surface area (Å²) in [7, 11) is 0. The summed E-state index contributed by atoms with van der Waals surface area (Å²) >= 11 is 0. The molecule has 18 heavy (non-hydrogen) atoms. The van der Waals surface area contributed by atoms with Crippen molar-refractivity contribution >= 4 is 11.9 Å². The van der Waals surface area contributed by atoms with Crippen LogP contribution in [-0.4, -0.2) is 23.6 Å². The van der Waals surface area contributed by atoms with E-state index in [0.717, 1.165) is 25.7 Å². The molecule has 0 amide bonds. The highest BCUT2D eigenvalue weighted by Crippen LogP contribution is 2.21. The van der Waals surface area contributed by atoms with Gasteiger partial charge in [0, 0.05) is 0 Å². The van der Waals surface area contributed by atoms with Crippen LogP contribution in [0.1, 0.15) is 65.7 Å². The zero-order valence-electron chi connectivity index (χ0n) is 11.7. The minimum atomic E-state index is -0.496. The molecule has 0 saturated heterocycles. The topological polar surface area (TPSA) is 52.6 Å². The molecule has 1 saturated carbocycles. The van der Waals surface area contributed by atoms with Gasteiger partial charge in [-0.25, -0.2) is 0 Å². The van der Waals surface area contributed by atoms with E-state index in [-0.39, 0.29) is 30.9 Å². The van der Waals surface area contributed by atoms with Gasteiger partial charge in [-0.1, -0.05) is 6.42 Å². The average molecular weight is 256 g/mol. The molecule has 0 bridgehead atoms. The van der Waals surface area contributed by atoms with Crippen LogP contribution < -0.4 is 0 Å². The van der Waals surface area contributed by atoms with Gasteiger partial charge in [-0.3, -0.25) is 9.59 Å². The Morgan fingerprint density at radius 3 is 2.11 bits per heavy atom. The Kier molecular flexibility index (Phi) is 5.63. The van der Waals surface area contributed by atoms with Crippen molar-refractivity contribution in [1.29, 1.82) is 0 Å². The molecule has 104 valence electrons. The lowest BCUT2D eigenvalue weighted by atomic mass is 9.98. The zero-order chi connectivity index (χ0) is 13.6. The summed E-state index contributed by atoms with van der Waals surface area (Å²) in [6.45, 7) is 5.43. The summed E-state index contributed by atoms with van der Waals surface area (Å²) in [6, 6.07) is 0. The first-order valence-electron chi connectivity index (χ1n) is 6.78. The molecule has 0 aromatic carbocycles. The highest BCUT2D eigenvalue weighted by atomic mass is 16.6. The molecule has 1 aliphatic rings. The van der Waals surface area contributed by atoms with Crippen molar-refractivity contribution in [2.24, 2.45) is 0 Å². The quantitative estimate of drug-likeness (QED) is 0.726. The van der Waals surface area contributed by atoms with E-state index in [1.54, 1.807) is 0 Å². The average Bonchev–Trinajstić information content (AvgIpc) is 2.25. The maximum atomic E-state index is 11.6. The van der Waals surface area contributed by atoms with E-state index in [1.165, 1.54) is 6.42 Å². The van der Waals surface area contributed by atoms with Gasteiger partial charge in [0.05, 0.1) is 12.8 Å². The lowest BCUT2D eigenvalue weighted by Gasteiger charge is -2.22. The number of esters is 2. The molecule has 0 atom stereocenters. The van der Waals surface area contributed by atoms with Crippen LogP contribution in [0.3, 0.4) is 0 Å². The lowest BCUT2D eigenvalue weighted by Crippen LogP contribution is -2.25. The first-order chi connectivity index (χ1) is 8.37. The smallest absolute Gasteiger partial charge is 0.306 e. The number of ether oxygens (including phenoxy) is 2. The van der Waals surface area contributed by atoms with Crippen LogP contribution in [0.15, 0.2) is 0 Å². The van der Waals surface area contributed by atoms with Crippen LogP contribution >= 0.6 is 0 Å². The third-order valence-electron chi connectivity index (χ3n) is 2.80. The second-order valence-electron chi connectivity index (χ2n) is 5.84. The predicted molar refractivity (Wildman–Crippen MR) is 68.0 cm³/mol. The molecule has 0 heterocycles. The summed E-state index contributed by atoms with van der Waals surface area (Å²) in [6.07, 6.45) is 5.68. The van der Waals surface area contributed by atoms with Gasteiger partial charge < -0.3 is 9.47 Å². The van der Waals surface area contributed by atoms with Gasteiger partial charge in [-0.05, 0) is 46.5 Å². The van der Waals surface area contributed by atoms with Crippen molar-refractivity contribution in [3.63, 3.8) is 0 Å². The molecular formula is C14H24O4. The van der Waals surface area contributed by atoms with Crippen LogP contribution in [0.2, 0.25) is 0 Å². The Bertz CT molecular complexity index is 285. The summed E-state index contributed by atoms with van der Waals surface area (Å²) in [5, 5.41) is 0. The molecule has 0 radical (unpaired) electrons. The van der Waals surface area contributed by atoms with E-state index < -0.39 is 5.60 Å². The summed E-state index contributed by atoms with van der Waals surface area (Å²) in [5.74, 6) is -0.629. The Morgan fingerprint density at radius 1 is 1.00 bits per heavy atom. The summed E-state index contributed by atoms with van der Waals surface area (Å²) < 4.78 is 10.5. The Hall–Kier alpha value is -1.06. The van der Waals surface area contributed by atoms with E-state index in [0.29, 0.717) is 0 Å². The second-order valence-corrected chi connectivity index (χ2v) is 5.84. The number of hydrogen-bond donors (Lipinski definition) is 0. The van der Waals surface area contributed by atoms with Crippen molar-refractivity contribution in [1.82, 2.24) is 0 Å². The minimum absolute atomic E-state index is 0.0601. The van der Waals surface area contributed by atoms with E-state index >= 15 is 0 Å². The SMILES string of the molecule is CC(C)(C)OC(=O)CCC(=O)OC1CCCCC1. The van der Waals surface area contributed by atoms with E-state index in [2.05, 4.69) is 0 Å². The molecule has 1 fully saturated rings. The molecule has 0 unspecified atom stereocenters. The third-order valence-corrected chi connectivity index (χ3v) is 2.80. The summed E-state index contributed by atoms with van der Waals surface area (Å²) in [5.41, 5.74) is -0.496. The standard InChI is InChI=1S/C14H24O4/c1-14(2,3)18-13(16)10-9-12(15)17-11-7-5-4-6-8-11/h11H,4-10H2,1-3H3. The van der Waals surface area contributed by atoms with Crippen LogP contribution in [0.5, 0.6) is 0 Å². The number of rotatable bonds is 4. The fraction of sp³-hybridized carbons (Fsp3) is 0.857. The highest BCUT2D eigenvalue weighted by molar-refractivity contribution is 5.77. The molecule has 0 N–H and O–H groups in total. The van der Waals surface area contributed by atoms with Crippen LogP contribution in [0, 0.1) is 0 Å². The largest absolute Gasteiger partial charge is 0.462 e. The molecule has 1 aliphatic carbocycles. The van der Waals surface area contributed by atoms with Gasteiger partial charge >= 0.3 is 11.9 Å². The van der Waals surface area contributed by atoms with Gasteiger partial charge in [0.15, 0.2) is 0 Å². The minimum Gasteiger partial charge on any atom is -0.462 e.